The summed E-state index contributed by atoms with van der Waals surface area (Å²) in [6.45, 7) is 11.7. The lowest BCUT2D eigenvalue weighted by Crippen LogP contribution is -2.38. The van der Waals surface area contributed by atoms with Crippen LogP contribution in [0.4, 0.5) is 0 Å². The Morgan fingerprint density at radius 3 is 2.64 bits per heavy atom. The minimum Gasteiger partial charge on any atom is -0.468 e. The summed E-state index contributed by atoms with van der Waals surface area (Å²) in [4.78, 5) is 18.4. The van der Waals surface area contributed by atoms with Gasteiger partial charge in [0.05, 0.1) is 29.9 Å². The lowest BCUT2D eigenvalue weighted by atomic mass is 9.97. The molecule has 1 aliphatic rings. The van der Waals surface area contributed by atoms with Crippen LogP contribution in [0.1, 0.15) is 64.2 Å². The van der Waals surface area contributed by atoms with Gasteiger partial charge >= 0.3 is 0 Å². The Bertz CT molecular complexity index is 1410. The van der Waals surface area contributed by atoms with E-state index in [1.54, 1.807) is 12.3 Å². The van der Waals surface area contributed by atoms with Gasteiger partial charge in [-0.3, -0.25) is 9.69 Å². The number of aromatic amines is 1. The molecule has 190 valence electrons. The standard InChI is InChI=1S/C26H32N6O4/c1-6-26(4,5)32-24(28-29-30-32)23(16(2)3)31(14-19-8-7-9-34-19)13-18-10-17-11-21-22(36-15-35-21)12-20(17)27-25(18)33/h7-12,16,23H,6,13-15H2,1-5H3,(H,27,33)/t23-/m1/s1. The molecular weight excluding hydrogens is 460 g/mol. The van der Waals surface area contributed by atoms with Crippen LogP contribution in [0.15, 0.2) is 45.8 Å². The number of hydrogen-bond donors (Lipinski definition) is 1. The summed E-state index contributed by atoms with van der Waals surface area (Å²) >= 11 is 0. The van der Waals surface area contributed by atoms with Crippen molar-refractivity contribution >= 4 is 10.9 Å². The Balaban J connectivity index is 1.57. The lowest BCUT2D eigenvalue weighted by Gasteiger charge is -2.35. The van der Waals surface area contributed by atoms with Crippen LogP contribution in [0.3, 0.4) is 0 Å². The fraction of sp³-hybridized carbons (Fsp3) is 0.462. The summed E-state index contributed by atoms with van der Waals surface area (Å²) < 4.78 is 18.6. The van der Waals surface area contributed by atoms with Crippen molar-refractivity contribution in [2.75, 3.05) is 6.79 Å². The molecule has 1 aliphatic heterocycles. The van der Waals surface area contributed by atoms with Crippen molar-refractivity contribution in [2.24, 2.45) is 5.92 Å². The first kappa shape index (κ1) is 24.1. The van der Waals surface area contributed by atoms with E-state index in [2.05, 4.69) is 60.0 Å². The molecular formula is C26H32N6O4. The molecule has 10 heteroatoms. The SMILES string of the molecule is CCC(C)(C)n1nnnc1[C@@H](C(C)C)N(Cc1ccco1)Cc1cc2cc3c(cc2[nH]c1=O)OCO3. The van der Waals surface area contributed by atoms with Crippen molar-refractivity contribution in [2.45, 2.75) is 65.7 Å². The molecule has 1 N–H and O–H groups in total. The topological polar surface area (TPSA) is 111 Å². The molecule has 0 bridgehead atoms. The highest BCUT2D eigenvalue weighted by molar-refractivity contribution is 5.83. The molecule has 0 spiro atoms. The summed E-state index contributed by atoms with van der Waals surface area (Å²) in [7, 11) is 0. The first-order chi connectivity index (χ1) is 17.3. The van der Waals surface area contributed by atoms with Crippen molar-refractivity contribution < 1.29 is 13.9 Å². The maximum absolute atomic E-state index is 13.2. The average Bonchev–Trinajstić information content (AvgIpc) is 3.60. The predicted molar refractivity (Wildman–Crippen MR) is 134 cm³/mol. The maximum atomic E-state index is 13.2. The molecule has 0 amide bonds. The normalized spacial score (nSPS) is 14.3. The summed E-state index contributed by atoms with van der Waals surface area (Å²) in [5.74, 6) is 3.04. The fourth-order valence-corrected chi connectivity index (χ4v) is 4.68. The number of benzene rings is 1. The Morgan fingerprint density at radius 2 is 1.94 bits per heavy atom. The molecule has 1 aromatic carbocycles. The molecule has 0 radical (unpaired) electrons. The van der Waals surface area contributed by atoms with E-state index in [-0.39, 0.29) is 29.9 Å². The molecule has 4 heterocycles. The number of fused-ring (bicyclic) bond motifs is 2. The molecule has 10 nitrogen and oxygen atoms in total. The summed E-state index contributed by atoms with van der Waals surface area (Å²) in [6, 6.07) is 9.27. The second kappa shape index (κ2) is 9.42. The van der Waals surface area contributed by atoms with Crippen LogP contribution in [-0.4, -0.2) is 36.9 Å². The number of hydrogen-bond acceptors (Lipinski definition) is 8. The van der Waals surface area contributed by atoms with Gasteiger partial charge in [-0.1, -0.05) is 20.8 Å². The van der Waals surface area contributed by atoms with Gasteiger partial charge in [0.25, 0.3) is 5.56 Å². The maximum Gasteiger partial charge on any atom is 0.252 e. The number of furan rings is 1. The number of tetrazole rings is 1. The van der Waals surface area contributed by atoms with Crippen LogP contribution in [0.25, 0.3) is 10.9 Å². The van der Waals surface area contributed by atoms with Crippen LogP contribution in [-0.2, 0) is 18.6 Å². The number of nitrogens with one attached hydrogen (secondary N) is 1. The average molecular weight is 493 g/mol. The van der Waals surface area contributed by atoms with Crippen LogP contribution in [0.2, 0.25) is 0 Å². The zero-order valence-corrected chi connectivity index (χ0v) is 21.3. The Morgan fingerprint density at radius 1 is 1.17 bits per heavy atom. The highest BCUT2D eigenvalue weighted by atomic mass is 16.7. The van der Waals surface area contributed by atoms with Gasteiger partial charge in [-0.2, -0.15) is 0 Å². The van der Waals surface area contributed by atoms with Crippen molar-refractivity contribution in [3.8, 4) is 11.5 Å². The van der Waals surface area contributed by atoms with Crippen LogP contribution >= 0.6 is 0 Å². The van der Waals surface area contributed by atoms with E-state index >= 15 is 0 Å². The van der Waals surface area contributed by atoms with Gasteiger partial charge in [-0.15, -0.1) is 5.10 Å². The smallest absolute Gasteiger partial charge is 0.252 e. The van der Waals surface area contributed by atoms with Gasteiger partial charge in [0.15, 0.2) is 17.3 Å². The van der Waals surface area contributed by atoms with Gasteiger partial charge in [0, 0.05) is 23.6 Å². The van der Waals surface area contributed by atoms with Crippen molar-refractivity contribution in [3.63, 3.8) is 0 Å². The third kappa shape index (κ3) is 4.48. The van der Waals surface area contributed by atoms with Gasteiger partial charge in [-0.25, -0.2) is 4.68 Å². The largest absolute Gasteiger partial charge is 0.468 e. The van der Waals surface area contributed by atoms with Crippen LogP contribution < -0.4 is 15.0 Å². The quantitative estimate of drug-likeness (QED) is 0.366. The van der Waals surface area contributed by atoms with Gasteiger partial charge in [0.1, 0.15) is 5.76 Å². The van der Waals surface area contributed by atoms with E-state index in [0.29, 0.717) is 35.7 Å². The predicted octanol–water partition coefficient (Wildman–Crippen LogP) is 4.38. The molecule has 3 aromatic heterocycles. The van der Waals surface area contributed by atoms with Crippen LogP contribution in [0, 0.1) is 5.92 Å². The minimum atomic E-state index is -0.259. The zero-order chi connectivity index (χ0) is 25.4. The first-order valence-corrected chi connectivity index (χ1v) is 12.3. The number of rotatable bonds is 9. The fourth-order valence-electron chi connectivity index (χ4n) is 4.68. The summed E-state index contributed by atoms with van der Waals surface area (Å²) in [5.41, 5.74) is 0.930. The Hall–Kier alpha value is -3.66. The lowest BCUT2D eigenvalue weighted by molar-refractivity contribution is 0.109. The first-order valence-electron chi connectivity index (χ1n) is 12.3. The van der Waals surface area contributed by atoms with E-state index in [0.717, 1.165) is 23.4 Å². The van der Waals surface area contributed by atoms with Crippen molar-refractivity contribution in [1.82, 2.24) is 30.1 Å². The monoisotopic (exact) mass is 492 g/mol. The van der Waals surface area contributed by atoms with Crippen molar-refractivity contribution in [1.29, 1.82) is 0 Å². The van der Waals surface area contributed by atoms with Gasteiger partial charge in [0.2, 0.25) is 6.79 Å². The highest BCUT2D eigenvalue weighted by Crippen LogP contribution is 2.36. The minimum absolute atomic E-state index is 0.151. The molecule has 0 aliphatic carbocycles. The second-order valence-corrected chi connectivity index (χ2v) is 10.2. The number of H-pyrrole nitrogens is 1. The third-order valence-corrected chi connectivity index (χ3v) is 6.95. The molecule has 36 heavy (non-hydrogen) atoms. The number of aromatic nitrogens is 5. The number of pyridine rings is 1. The third-order valence-electron chi connectivity index (χ3n) is 6.95. The zero-order valence-electron chi connectivity index (χ0n) is 21.3. The van der Waals surface area contributed by atoms with Crippen molar-refractivity contribution in [3.05, 3.63) is 64.1 Å². The highest BCUT2D eigenvalue weighted by Gasteiger charge is 2.34. The molecule has 0 unspecified atom stereocenters. The molecule has 4 aromatic rings. The van der Waals surface area contributed by atoms with E-state index in [1.165, 1.54) is 0 Å². The molecule has 0 fully saturated rings. The Labute approximate surface area is 209 Å². The summed E-state index contributed by atoms with van der Waals surface area (Å²) in [6.07, 6.45) is 2.53. The Kier molecular flexibility index (Phi) is 6.29. The second-order valence-electron chi connectivity index (χ2n) is 10.2. The van der Waals surface area contributed by atoms with E-state index in [4.69, 9.17) is 13.9 Å². The molecule has 0 saturated heterocycles. The summed E-state index contributed by atoms with van der Waals surface area (Å²) in [5, 5.41) is 13.7. The number of nitrogens with zero attached hydrogens (tertiary/aromatic N) is 5. The molecule has 1 atom stereocenters. The van der Waals surface area contributed by atoms with Gasteiger partial charge < -0.3 is 18.9 Å². The molecule has 5 rings (SSSR count). The van der Waals surface area contributed by atoms with Gasteiger partial charge in [-0.05, 0) is 60.9 Å². The number of ether oxygens (including phenoxy) is 2. The van der Waals surface area contributed by atoms with E-state index < -0.39 is 0 Å². The van der Waals surface area contributed by atoms with Crippen LogP contribution in [0.5, 0.6) is 11.5 Å². The van der Waals surface area contributed by atoms with E-state index in [9.17, 15) is 4.79 Å². The molecule has 0 saturated carbocycles. The van der Waals surface area contributed by atoms with E-state index in [1.807, 2.05) is 28.9 Å².